The normalized spacial score (nSPS) is 17.2. The molecule has 1 aliphatic heterocycles. The summed E-state index contributed by atoms with van der Waals surface area (Å²) in [6.07, 6.45) is 1.83. The third-order valence-electron chi connectivity index (χ3n) is 4.92. The molecule has 1 N–H and O–H groups in total. The summed E-state index contributed by atoms with van der Waals surface area (Å²) >= 11 is 0. The fourth-order valence-electron chi connectivity index (χ4n) is 3.35. The first-order chi connectivity index (χ1) is 13.6. The van der Waals surface area contributed by atoms with Crippen molar-refractivity contribution < 1.29 is 14.0 Å². The number of piperazine rings is 1. The van der Waals surface area contributed by atoms with Gasteiger partial charge in [-0.25, -0.2) is 4.39 Å². The molecule has 1 atom stereocenters. The molecule has 0 aliphatic carbocycles. The molecule has 1 aliphatic rings. The van der Waals surface area contributed by atoms with E-state index >= 15 is 0 Å². The van der Waals surface area contributed by atoms with Crippen LogP contribution >= 0.6 is 0 Å². The van der Waals surface area contributed by atoms with Crippen LogP contribution in [0, 0.1) is 5.82 Å². The Kier molecular flexibility index (Phi) is 6.71. The minimum absolute atomic E-state index is 0.0973. The zero-order valence-electron chi connectivity index (χ0n) is 16.0. The topological polar surface area (TPSA) is 65.5 Å². The highest BCUT2D eigenvalue weighted by Crippen LogP contribution is 2.15. The fourth-order valence-corrected chi connectivity index (χ4v) is 3.35. The van der Waals surface area contributed by atoms with Gasteiger partial charge in [0.05, 0.1) is 18.2 Å². The Morgan fingerprint density at radius 1 is 1.29 bits per heavy atom. The second-order valence-electron chi connectivity index (χ2n) is 6.84. The van der Waals surface area contributed by atoms with E-state index in [2.05, 4.69) is 10.3 Å². The van der Waals surface area contributed by atoms with Crippen LogP contribution < -0.4 is 5.32 Å². The monoisotopic (exact) mass is 384 g/mol. The number of hydrogen-bond acceptors (Lipinski definition) is 4. The van der Waals surface area contributed by atoms with Crippen LogP contribution in [0.1, 0.15) is 24.6 Å². The molecule has 3 rings (SSSR count). The standard InChI is InChI=1S/C21H25FN4O2/c1-2-25(14-16-6-8-17(22)9-7-16)20(27)13-19-21(28)24-11-12-26(19)15-18-5-3-4-10-23-18/h3-10,19H,2,11-15H2,1H3,(H,24,28). The van der Waals surface area contributed by atoms with Crippen LogP contribution in [-0.2, 0) is 22.7 Å². The lowest BCUT2D eigenvalue weighted by atomic mass is 10.1. The Morgan fingerprint density at radius 2 is 2.07 bits per heavy atom. The molecular weight excluding hydrogens is 359 g/mol. The Labute approximate surface area is 164 Å². The van der Waals surface area contributed by atoms with Crippen molar-refractivity contribution in [1.82, 2.24) is 20.1 Å². The van der Waals surface area contributed by atoms with Gasteiger partial charge in [-0.05, 0) is 36.8 Å². The van der Waals surface area contributed by atoms with Gasteiger partial charge in [-0.15, -0.1) is 0 Å². The summed E-state index contributed by atoms with van der Waals surface area (Å²) in [7, 11) is 0. The number of nitrogens with zero attached hydrogens (tertiary/aromatic N) is 3. The third-order valence-corrected chi connectivity index (χ3v) is 4.92. The van der Waals surface area contributed by atoms with Crippen molar-refractivity contribution in [3.8, 4) is 0 Å². The summed E-state index contributed by atoms with van der Waals surface area (Å²) < 4.78 is 13.1. The summed E-state index contributed by atoms with van der Waals surface area (Å²) in [6.45, 7) is 4.56. The van der Waals surface area contributed by atoms with Crippen molar-refractivity contribution in [2.75, 3.05) is 19.6 Å². The SMILES string of the molecule is CCN(Cc1ccc(F)cc1)C(=O)CC1C(=O)NCCN1Cc1ccccn1. The van der Waals surface area contributed by atoms with Gasteiger partial charge in [0.2, 0.25) is 11.8 Å². The fraction of sp³-hybridized carbons (Fsp3) is 0.381. The van der Waals surface area contributed by atoms with E-state index in [4.69, 9.17) is 0 Å². The van der Waals surface area contributed by atoms with E-state index in [1.807, 2.05) is 30.0 Å². The molecule has 2 aromatic rings. The Balaban J connectivity index is 1.67. The van der Waals surface area contributed by atoms with Crippen LogP contribution in [0.5, 0.6) is 0 Å². The molecule has 1 unspecified atom stereocenters. The van der Waals surface area contributed by atoms with Crippen LogP contribution in [0.2, 0.25) is 0 Å². The predicted molar refractivity (Wildman–Crippen MR) is 104 cm³/mol. The van der Waals surface area contributed by atoms with Gasteiger partial charge in [0.25, 0.3) is 0 Å². The summed E-state index contributed by atoms with van der Waals surface area (Å²) in [5.41, 5.74) is 1.73. The molecular formula is C21H25FN4O2. The second-order valence-corrected chi connectivity index (χ2v) is 6.84. The van der Waals surface area contributed by atoms with Crippen LogP contribution in [-0.4, -0.2) is 52.3 Å². The number of halogens is 1. The highest BCUT2D eigenvalue weighted by molar-refractivity contribution is 5.88. The molecule has 0 saturated carbocycles. The van der Waals surface area contributed by atoms with Crippen LogP contribution in [0.4, 0.5) is 4.39 Å². The molecule has 1 saturated heterocycles. The lowest BCUT2D eigenvalue weighted by molar-refractivity contribution is -0.139. The molecule has 0 radical (unpaired) electrons. The maximum Gasteiger partial charge on any atom is 0.237 e. The number of pyridine rings is 1. The Morgan fingerprint density at radius 3 is 2.75 bits per heavy atom. The lowest BCUT2D eigenvalue weighted by Crippen LogP contribution is -2.56. The molecule has 0 bridgehead atoms. The predicted octanol–water partition coefficient (Wildman–Crippen LogP) is 1.96. The molecule has 28 heavy (non-hydrogen) atoms. The molecule has 148 valence electrons. The van der Waals surface area contributed by atoms with Crippen LogP contribution in [0.25, 0.3) is 0 Å². The number of nitrogens with one attached hydrogen (secondary N) is 1. The van der Waals surface area contributed by atoms with E-state index in [1.54, 1.807) is 23.2 Å². The number of carbonyl (C=O) groups excluding carboxylic acids is 2. The number of rotatable bonds is 7. The molecule has 2 heterocycles. The average Bonchev–Trinajstić information content (AvgIpc) is 2.71. The van der Waals surface area contributed by atoms with Crippen LogP contribution in [0.3, 0.4) is 0 Å². The van der Waals surface area contributed by atoms with Crippen molar-refractivity contribution >= 4 is 11.8 Å². The van der Waals surface area contributed by atoms with Crippen molar-refractivity contribution in [2.24, 2.45) is 0 Å². The molecule has 2 amide bonds. The number of hydrogen-bond donors (Lipinski definition) is 1. The van der Waals surface area contributed by atoms with E-state index in [9.17, 15) is 14.0 Å². The van der Waals surface area contributed by atoms with Gasteiger partial charge in [-0.3, -0.25) is 19.5 Å². The van der Waals surface area contributed by atoms with E-state index < -0.39 is 6.04 Å². The van der Waals surface area contributed by atoms with E-state index in [0.717, 1.165) is 11.3 Å². The molecule has 0 spiro atoms. The Bertz CT molecular complexity index is 798. The van der Waals surface area contributed by atoms with Crippen LogP contribution in [0.15, 0.2) is 48.7 Å². The summed E-state index contributed by atoms with van der Waals surface area (Å²) in [6, 6.07) is 11.3. The van der Waals surface area contributed by atoms with Crippen molar-refractivity contribution in [3.63, 3.8) is 0 Å². The summed E-state index contributed by atoms with van der Waals surface area (Å²) in [4.78, 5) is 33.4. The van der Waals surface area contributed by atoms with Crippen molar-refractivity contribution in [2.45, 2.75) is 32.5 Å². The Hall–Kier alpha value is -2.80. The zero-order valence-corrected chi connectivity index (χ0v) is 16.0. The summed E-state index contributed by atoms with van der Waals surface area (Å²) in [5, 5.41) is 2.85. The average molecular weight is 384 g/mol. The maximum absolute atomic E-state index is 13.1. The second kappa shape index (κ2) is 9.41. The minimum atomic E-state index is -0.523. The minimum Gasteiger partial charge on any atom is -0.353 e. The lowest BCUT2D eigenvalue weighted by Gasteiger charge is -2.35. The maximum atomic E-state index is 13.1. The van der Waals surface area contributed by atoms with Gasteiger partial charge in [0, 0.05) is 38.9 Å². The molecule has 1 fully saturated rings. The van der Waals surface area contributed by atoms with Gasteiger partial charge in [-0.2, -0.15) is 0 Å². The number of carbonyl (C=O) groups is 2. The molecule has 7 heteroatoms. The van der Waals surface area contributed by atoms with Gasteiger partial charge >= 0.3 is 0 Å². The van der Waals surface area contributed by atoms with E-state index in [0.29, 0.717) is 32.7 Å². The third kappa shape index (κ3) is 5.13. The molecule has 1 aromatic heterocycles. The first kappa shape index (κ1) is 19.9. The van der Waals surface area contributed by atoms with Gasteiger partial charge in [0.1, 0.15) is 5.82 Å². The van der Waals surface area contributed by atoms with Gasteiger partial charge in [0.15, 0.2) is 0 Å². The highest BCUT2D eigenvalue weighted by atomic mass is 19.1. The van der Waals surface area contributed by atoms with Crippen molar-refractivity contribution in [3.05, 3.63) is 65.7 Å². The largest absolute Gasteiger partial charge is 0.353 e. The number of benzene rings is 1. The summed E-state index contributed by atoms with van der Waals surface area (Å²) in [5.74, 6) is -0.532. The molecule has 1 aromatic carbocycles. The first-order valence-electron chi connectivity index (χ1n) is 9.50. The smallest absolute Gasteiger partial charge is 0.237 e. The van der Waals surface area contributed by atoms with E-state index in [1.165, 1.54) is 12.1 Å². The number of amides is 2. The quantitative estimate of drug-likeness (QED) is 0.793. The zero-order chi connectivity index (χ0) is 19.9. The molecule has 6 nitrogen and oxygen atoms in total. The van der Waals surface area contributed by atoms with Crippen molar-refractivity contribution in [1.29, 1.82) is 0 Å². The van der Waals surface area contributed by atoms with E-state index in [-0.39, 0.29) is 24.1 Å². The first-order valence-corrected chi connectivity index (χ1v) is 9.50. The van der Waals surface area contributed by atoms with Gasteiger partial charge < -0.3 is 10.2 Å². The van der Waals surface area contributed by atoms with Gasteiger partial charge in [-0.1, -0.05) is 18.2 Å². The highest BCUT2D eigenvalue weighted by Gasteiger charge is 2.32. The number of aromatic nitrogens is 1.